The lowest BCUT2D eigenvalue weighted by Gasteiger charge is -2.10. The molecule has 9 aromatic carbocycles. The van der Waals surface area contributed by atoms with E-state index < -0.39 is 0 Å². The third-order valence-electron chi connectivity index (χ3n) is 11.9. The molecule has 0 bridgehead atoms. The largest absolute Gasteiger partial charge is 0.456 e. The van der Waals surface area contributed by atoms with E-state index in [4.69, 9.17) is 19.4 Å². The molecule has 3 heterocycles. The molecule has 0 atom stereocenters. The Balaban J connectivity index is 1.02. The van der Waals surface area contributed by atoms with Gasteiger partial charge in [-0.2, -0.15) is 0 Å². The van der Waals surface area contributed by atoms with Crippen LogP contribution in [0.2, 0.25) is 0 Å². The Kier molecular flexibility index (Phi) is 8.42. The van der Waals surface area contributed by atoms with Gasteiger partial charge in [-0.1, -0.05) is 182 Å². The van der Waals surface area contributed by atoms with Crippen LogP contribution in [0.15, 0.2) is 223 Å². The van der Waals surface area contributed by atoms with Crippen LogP contribution in [0.3, 0.4) is 0 Å². The zero-order valence-corrected chi connectivity index (χ0v) is 33.5. The maximum absolute atomic E-state index is 6.74. The van der Waals surface area contributed by atoms with E-state index in [1.54, 1.807) is 0 Å². The summed E-state index contributed by atoms with van der Waals surface area (Å²) in [5.41, 5.74) is 14.5. The van der Waals surface area contributed by atoms with Crippen molar-refractivity contribution in [1.82, 2.24) is 19.5 Å². The minimum absolute atomic E-state index is 0.582. The van der Waals surface area contributed by atoms with Gasteiger partial charge in [0.25, 0.3) is 0 Å². The quantitative estimate of drug-likeness (QED) is 0.161. The highest BCUT2D eigenvalue weighted by molar-refractivity contribution is 6.19. The summed E-state index contributed by atoms with van der Waals surface area (Å²) in [5.74, 6) is 1.79. The maximum atomic E-state index is 6.74. The fourth-order valence-corrected chi connectivity index (χ4v) is 8.83. The van der Waals surface area contributed by atoms with Gasteiger partial charge in [-0.05, 0) is 63.7 Å². The molecule has 0 N–H and O–H groups in total. The lowest BCUT2D eigenvalue weighted by Crippen LogP contribution is -2.00. The number of fused-ring (bicyclic) bond motifs is 6. The minimum Gasteiger partial charge on any atom is -0.456 e. The third kappa shape index (κ3) is 6.14. The van der Waals surface area contributed by atoms with Gasteiger partial charge in [-0.3, -0.25) is 0 Å². The first-order valence-electron chi connectivity index (χ1n) is 20.8. The Morgan fingerprint density at radius 2 is 0.774 bits per heavy atom. The van der Waals surface area contributed by atoms with Gasteiger partial charge in [0.05, 0.1) is 11.0 Å². The van der Waals surface area contributed by atoms with Gasteiger partial charge in [-0.25, -0.2) is 15.0 Å². The van der Waals surface area contributed by atoms with E-state index in [2.05, 4.69) is 193 Å². The topological polar surface area (TPSA) is 56.7 Å². The third-order valence-corrected chi connectivity index (χ3v) is 11.9. The monoisotopic (exact) mass is 792 g/mol. The van der Waals surface area contributed by atoms with E-state index in [1.807, 2.05) is 30.3 Å². The van der Waals surface area contributed by atoms with E-state index in [1.165, 1.54) is 16.5 Å². The summed E-state index contributed by atoms with van der Waals surface area (Å²) < 4.78 is 9.08. The van der Waals surface area contributed by atoms with Crippen molar-refractivity contribution in [2.24, 2.45) is 0 Å². The van der Waals surface area contributed by atoms with E-state index in [-0.39, 0.29) is 0 Å². The predicted molar refractivity (Wildman–Crippen MR) is 254 cm³/mol. The molecule has 0 spiro atoms. The number of rotatable bonds is 7. The summed E-state index contributed by atoms with van der Waals surface area (Å²) in [6.07, 6.45) is 0. The van der Waals surface area contributed by atoms with Gasteiger partial charge in [0.1, 0.15) is 11.2 Å². The van der Waals surface area contributed by atoms with Crippen LogP contribution in [0.1, 0.15) is 0 Å². The van der Waals surface area contributed by atoms with Gasteiger partial charge in [-0.15, -0.1) is 0 Å². The number of furan rings is 1. The van der Waals surface area contributed by atoms with Crippen LogP contribution in [-0.4, -0.2) is 19.5 Å². The van der Waals surface area contributed by atoms with Crippen LogP contribution >= 0.6 is 0 Å². The van der Waals surface area contributed by atoms with E-state index in [0.29, 0.717) is 17.5 Å². The van der Waals surface area contributed by atoms with Gasteiger partial charge in [0.2, 0.25) is 0 Å². The van der Waals surface area contributed by atoms with Crippen molar-refractivity contribution in [1.29, 1.82) is 0 Å². The SMILES string of the molecule is c1ccc(-c2ccc(-c3nc(-c4ccc(-c5ccccc5)cc4)nc(-c4cccc5oc6cc7c(cc6c45)c4ccccc4n7-c4ccc(-c5ccccc5)cc4)n3)cc2)cc1. The molecule has 0 aliphatic heterocycles. The molecule has 12 rings (SSSR count). The lowest BCUT2D eigenvalue weighted by molar-refractivity contribution is 0.669. The fourth-order valence-electron chi connectivity index (χ4n) is 8.83. The summed E-state index contributed by atoms with van der Waals surface area (Å²) in [6, 6.07) is 76.3. The molecule has 12 aromatic rings. The van der Waals surface area contributed by atoms with Gasteiger partial charge in [0.15, 0.2) is 17.5 Å². The van der Waals surface area contributed by atoms with Crippen molar-refractivity contribution in [3.63, 3.8) is 0 Å². The molecule has 0 saturated carbocycles. The van der Waals surface area contributed by atoms with E-state index in [0.717, 1.165) is 83.0 Å². The Bertz CT molecular complexity index is 3480. The highest BCUT2D eigenvalue weighted by atomic mass is 16.3. The molecule has 62 heavy (non-hydrogen) atoms. The number of aromatic nitrogens is 4. The number of para-hydroxylation sites is 1. The Labute approximate surface area is 357 Å². The van der Waals surface area contributed by atoms with Crippen molar-refractivity contribution < 1.29 is 4.42 Å². The van der Waals surface area contributed by atoms with Crippen molar-refractivity contribution in [3.05, 3.63) is 218 Å². The Morgan fingerprint density at radius 1 is 0.306 bits per heavy atom. The second-order valence-electron chi connectivity index (χ2n) is 15.6. The molecule has 0 fully saturated rings. The number of hydrogen-bond donors (Lipinski definition) is 0. The van der Waals surface area contributed by atoms with Crippen molar-refractivity contribution in [3.8, 4) is 73.2 Å². The van der Waals surface area contributed by atoms with Crippen LogP contribution < -0.4 is 0 Å². The first-order chi connectivity index (χ1) is 30.7. The Hall–Kier alpha value is -8.41. The predicted octanol–water partition coefficient (Wildman–Crippen LogP) is 14.9. The molecule has 0 radical (unpaired) electrons. The zero-order valence-electron chi connectivity index (χ0n) is 33.5. The molecule has 0 saturated heterocycles. The summed E-state index contributed by atoms with van der Waals surface area (Å²) in [5, 5.41) is 4.29. The van der Waals surface area contributed by atoms with Crippen molar-refractivity contribution >= 4 is 43.7 Å². The molecular formula is C57H36N4O. The highest BCUT2D eigenvalue weighted by Crippen LogP contribution is 2.42. The Morgan fingerprint density at radius 3 is 1.34 bits per heavy atom. The summed E-state index contributed by atoms with van der Waals surface area (Å²) >= 11 is 0. The van der Waals surface area contributed by atoms with E-state index in [9.17, 15) is 0 Å². The summed E-state index contributed by atoms with van der Waals surface area (Å²) in [7, 11) is 0. The molecular weight excluding hydrogens is 757 g/mol. The molecule has 5 heteroatoms. The van der Waals surface area contributed by atoms with Crippen LogP contribution in [0.25, 0.3) is 117 Å². The second kappa shape index (κ2) is 14.7. The van der Waals surface area contributed by atoms with Gasteiger partial charge >= 0.3 is 0 Å². The maximum Gasteiger partial charge on any atom is 0.164 e. The molecule has 3 aromatic heterocycles. The van der Waals surface area contributed by atoms with Crippen molar-refractivity contribution in [2.45, 2.75) is 0 Å². The van der Waals surface area contributed by atoms with Crippen molar-refractivity contribution in [2.75, 3.05) is 0 Å². The van der Waals surface area contributed by atoms with Crippen LogP contribution in [-0.2, 0) is 0 Å². The molecule has 0 amide bonds. The highest BCUT2D eigenvalue weighted by Gasteiger charge is 2.21. The number of nitrogens with zero attached hydrogens (tertiary/aromatic N) is 4. The lowest BCUT2D eigenvalue weighted by atomic mass is 10.0. The molecule has 0 aliphatic rings. The smallest absolute Gasteiger partial charge is 0.164 e. The van der Waals surface area contributed by atoms with Crippen LogP contribution in [0.4, 0.5) is 0 Å². The number of benzene rings is 9. The molecule has 290 valence electrons. The molecule has 0 aliphatic carbocycles. The number of hydrogen-bond acceptors (Lipinski definition) is 4. The van der Waals surface area contributed by atoms with Gasteiger partial charge < -0.3 is 8.98 Å². The first kappa shape index (κ1) is 35.5. The zero-order chi connectivity index (χ0) is 41.0. The standard InChI is InChI=1S/C57H36N4O/c1-4-13-37(14-5-1)40-23-27-43(28-24-40)55-58-56(44-29-25-41(26-30-44)38-15-6-2-7-16-38)60-57(59-55)47-20-12-22-52-54(47)49-35-48-46-19-10-11-21-50(46)61(51(48)36-53(49)62-52)45-33-31-42(32-34-45)39-17-8-3-9-18-39/h1-36H. The molecule has 0 unspecified atom stereocenters. The summed E-state index contributed by atoms with van der Waals surface area (Å²) in [6.45, 7) is 0. The second-order valence-corrected chi connectivity index (χ2v) is 15.6. The average molecular weight is 793 g/mol. The molecule has 5 nitrogen and oxygen atoms in total. The summed E-state index contributed by atoms with van der Waals surface area (Å²) in [4.78, 5) is 15.6. The normalized spacial score (nSPS) is 11.5. The first-order valence-corrected chi connectivity index (χ1v) is 20.8. The van der Waals surface area contributed by atoms with Gasteiger partial charge in [0, 0.05) is 50.0 Å². The van der Waals surface area contributed by atoms with E-state index >= 15 is 0 Å². The van der Waals surface area contributed by atoms with Crippen LogP contribution in [0.5, 0.6) is 0 Å². The fraction of sp³-hybridized carbons (Fsp3) is 0. The van der Waals surface area contributed by atoms with Crippen LogP contribution in [0, 0.1) is 0 Å². The average Bonchev–Trinajstić information content (AvgIpc) is 3.89. The minimum atomic E-state index is 0.582.